The third-order valence-electron chi connectivity index (χ3n) is 5.28. The third kappa shape index (κ3) is 3.59. The zero-order chi connectivity index (χ0) is 23.1. The minimum Gasteiger partial charge on any atom is -0.360 e. The number of non-ortho nitro benzene ring substituents is 2. The predicted molar refractivity (Wildman–Crippen MR) is 120 cm³/mol. The molecule has 2 N–H and O–H groups in total. The highest BCUT2D eigenvalue weighted by Crippen LogP contribution is 2.37. The summed E-state index contributed by atoms with van der Waals surface area (Å²) < 4.78 is 13.9. The van der Waals surface area contributed by atoms with Gasteiger partial charge in [-0.1, -0.05) is 24.3 Å². The second kappa shape index (κ2) is 7.68. The smallest absolute Gasteiger partial charge is 0.270 e. The number of aromatic nitrogens is 3. The lowest BCUT2D eigenvalue weighted by Crippen LogP contribution is -1.91. The van der Waals surface area contributed by atoms with Crippen molar-refractivity contribution in [1.82, 2.24) is 15.0 Å². The zero-order valence-corrected chi connectivity index (χ0v) is 16.8. The summed E-state index contributed by atoms with van der Waals surface area (Å²) >= 11 is 0. The van der Waals surface area contributed by atoms with Crippen LogP contribution >= 0.6 is 0 Å². The van der Waals surface area contributed by atoms with Crippen LogP contribution in [0.3, 0.4) is 0 Å². The lowest BCUT2D eigenvalue weighted by Gasteiger charge is -2.03. The van der Waals surface area contributed by atoms with Crippen molar-refractivity contribution in [3.8, 4) is 33.9 Å². The van der Waals surface area contributed by atoms with Crippen LogP contribution < -0.4 is 0 Å². The lowest BCUT2D eigenvalue weighted by molar-refractivity contribution is -0.385. The molecule has 0 spiro atoms. The number of nitro benzene ring substituents is 2. The highest BCUT2D eigenvalue weighted by atomic mass is 19.1. The maximum absolute atomic E-state index is 13.9. The van der Waals surface area contributed by atoms with E-state index in [9.17, 15) is 24.6 Å². The Labute approximate surface area is 184 Å². The van der Waals surface area contributed by atoms with Gasteiger partial charge in [0.25, 0.3) is 11.4 Å². The van der Waals surface area contributed by atoms with Crippen molar-refractivity contribution in [2.24, 2.45) is 0 Å². The van der Waals surface area contributed by atoms with Gasteiger partial charge in [0.15, 0.2) is 0 Å². The molecule has 5 rings (SSSR count). The molecule has 0 saturated heterocycles. The van der Waals surface area contributed by atoms with Gasteiger partial charge in [0.2, 0.25) is 0 Å². The number of nitrogens with zero attached hydrogens (tertiary/aromatic N) is 3. The normalized spacial score (nSPS) is 11.1. The number of nitrogens with one attached hydrogen (secondary N) is 2. The molecule has 5 aromatic rings. The van der Waals surface area contributed by atoms with Gasteiger partial charge in [-0.3, -0.25) is 20.2 Å². The van der Waals surface area contributed by atoms with Gasteiger partial charge >= 0.3 is 0 Å². The summed E-state index contributed by atoms with van der Waals surface area (Å²) in [7, 11) is 0. The van der Waals surface area contributed by atoms with E-state index in [-0.39, 0.29) is 11.4 Å². The molecule has 2 aromatic heterocycles. The Morgan fingerprint density at radius 2 is 1.52 bits per heavy atom. The third-order valence-corrected chi connectivity index (χ3v) is 5.28. The first kappa shape index (κ1) is 20.1. The van der Waals surface area contributed by atoms with Crippen molar-refractivity contribution in [3.05, 3.63) is 99.0 Å². The number of aromatic amines is 2. The van der Waals surface area contributed by atoms with E-state index in [0.717, 1.165) is 0 Å². The van der Waals surface area contributed by atoms with Crippen molar-refractivity contribution >= 4 is 22.3 Å². The van der Waals surface area contributed by atoms with Crippen molar-refractivity contribution in [3.63, 3.8) is 0 Å². The predicted octanol–water partition coefficient (Wildman–Crippen LogP) is 5.85. The van der Waals surface area contributed by atoms with Crippen molar-refractivity contribution < 1.29 is 14.2 Å². The minimum atomic E-state index is -0.507. The molecule has 2 heterocycles. The Bertz CT molecular complexity index is 1480. The maximum atomic E-state index is 13.9. The van der Waals surface area contributed by atoms with Crippen LogP contribution in [-0.4, -0.2) is 24.8 Å². The number of imidazole rings is 1. The van der Waals surface area contributed by atoms with Gasteiger partial charge in [-0.15, -0.1) is 0 Å². The molecule has 10 heteroatoms. The molecule has 0 bridgehead atoms. The Balaban J connectivity index is 1.75. The SMILES string of the molecule is O=[N+]([O-])c1cccc(-c2nc(-c3c[nH]c4ccc(F)cc34)[nH]c2-c2cccc([N+](=O)[O-])c2)c1. The summed E-state index contributed by atoms with van der Waals surface area (Å²) in [4.78, 5) is 32.5. The summed E-state index contributed by atoms with van der Waals surface area (Å²) in [6.45, 7) is 0. The highest BCUT2D eigenvalue weighted by molar-refractivity contribution is 5.95. The molecule has 0 unspecified atom stereocenters. The molecule has 0 saturated carbocycles. The van der Waals surface area contributed by atoms with Gasteiger partial charge in [0, 0.05) is 58.1 Å². The van der Waals surface area contributed by atoms with E-state index in [1.807, 2.05) is 0 Å². The number of nitro groups is 2. The first-order chi connectivity index (χ1) is 15.9. The summed E-state index contributed by atoms with van der Waals surface area (Å²) in [6.07, 6.45) is 1.68. The fourth-order valence-corrected chi connectivity index (χ4v) is 3.75. The van der Waals surface area contributed by atoms with Gasteiger partial charge in [-0.05, 0) is 18.2 Å². The van der Waals surface area contributed by atoms with E-state index in [0.29, 0.717) is 44.8 Å². The summed E-state index contributed by atoms with van der Waals surface area (Å²) in [5, 5.41) is 23.2. The molecule has 0 aliphatic rings. The van der Waals surface area contributed by atoms with Crippen LogP contribution in [0.1, 0.15) is 0 Å². The Kier molecular flexibility index (Phi) is 4.67. The molecule has 0 fully saturated rings. The van der Waals surface area contributed by atoms with Crippen LogP contribution in [0.15, 0.2) is 72.9 Å². The molecule has 3 aromatic carbocycles. The second-order valence-electron chi connectivity index (χ2n) is 7.32. The Hall–Kier alpha value is -4.86. The van der Waals surface area contributed by atoms with Crippen molar-refractivity contribution in [2.45, 2.75) is 0 Å². The number of rotatable bonds is 5. The van der Waals surface area contributed by atoms with Crippen LogP contribution in [0, 0.1) is 26.0 Å². The molecule has 162 valence electrons. The van der Waals surface area contributed by atoms with E-state index in [1.165, 1.54) is 36.4 Å². The minimum absolute atomic E-state index is 0.109. The molecule has 0 aliphatic carbocycles. The van der Waals surface area contributed by atoms with Crippen LogP contribution in [0.4, 0.5) is 15.8 Å². The first-order valence-electron chi connectivity index (χ1n) is 9.77. The van der Waals surface area contributed by atoms with E-state index >= 15 is 0 Å². The van der Waals surface area contributed by atoms with Gasteiger partial charge in [0.05, 0.1) is 21.2 Å². The standard InChI is InChI=1S/C23H14FN5O4/c24-15-7-8-20-18(11-15)19(12-25-20)23-26-21(13-3-1-5-16(9-13)28(30)31)22(27-23)14-4-2-6-17(10-14)29(32)33/h1-12,25H,(H,26,27). The lowest BCUT2D eigenvalue weighted by atomic mass is 10.0. The fourth-order valence-electron chi connectivity index (χ4n) is 3.75. The number of hydrogen-bond acceptors (Lipinski definition) is 5. The molecular weight excluding hydrogens is 429 g/mol. The Morgan fingerprint density at radius 3 is 2.21 bits per heavy atom. The largest absolute Gasteiger partial charge is 0.360 e. The molecule has 33 heavy (non-hydrogen) atoms. The fraction of sp³-hybridized carbons (Fsp3) is 0. The van der Waals surface area contributed by atoms with Gasteiger partial charge in [-0.2, -0.15) is 0 Å². The van der Waals surface area contributed by atoms with Gasteiger partial charge < -0.3 is 9.97 Å². The topological polar surface area (TPSA) is 131 Å². The zero-order valence-electron chi connectivity index (χ0n) is 16.8. The second-order valence-corrected chi connectivity index (χ2v) is 7.32. The van der Waals surface area contributed by atoms with Gasteiger partial charge in [-0.25, -0.2) is 9.37 Å². The summed E-state index contributed by atoms with van der Waals surface area (Å²) in [5.41, 5.74) is 2.83. The molecule has 9 nitrogen and oxygen atoms in total. The van der Waals surface area contributed by atoms with Crippen LogP contribution in [0.5, 0.6) is 0 Å². The summed E-state index contributed by atoms with van der Waals surface area (Å²) in [5.74, 6) is -0.0254. The molecule has 0 amide bonds. The quantitative estimate of drug-likeness (QED) is 0.260. The molecular formula is C23H14FN5O4. The number of benzene rings is 3. The van der Waals surface area contributed by atoms with E-state index in [4.69, 9.17) is 0 Å². The molecule has 0 atom stereocenters. The maximum Gasteiger partial charge on any atom is 0.270 e. The van der Waals surface area contributed by atoms with Gasteiger partial charge in [0.1, 0.15) is 11.6 Å². The van der Waals surface area contributed by atoms with E-state index in [2.05, 4.69) is 15.0 Å². The number of hydrogen-bond donors (Lipinski definition) is 2. The average molecular weight is 443 g/mol. The average Bonchev–Trinajstić information content (AvgIpc) is 3.43. The van der Waals surface area contributed by atoms with Crippen molar-refractivity contribution in [2.75, 3.05) is 0 Å². The number of fused-ring (bicyclic) bond motifs is 1. The van der Waals surface area contributed by atoms with E-state index < -0.39 is 15.7 Å². The highest BCUT2D eigenvalue weighted by Gasteiger charge is 2.20. The first-order valence-corrected chi connectivity index (χ1v) is 9.77. The van der Waals surface area contributed by atoms with Crippen LogP contribution in [0.2, 0.25) is 0 Å². The van der Waals surface area contributed by atoms with E-state index in [1.54, 1.807) is 36.5 Å². The van der Waals surface area contributed by atoms with Crippen LogP contribution in [0.25, 0.3) is 44.8 Å². The number of H-pyrrole nitrogens is 2. The molecule has 0 radical (unpaired) electrons. The number of halogens is 1. The Morgan fingerprint density at radius 1 is 0.848 bits per heavy atom. The van der Waals surface area contributed by atoms with Crippen molar-refractivity contribution in [1.29, 1.82) is 0 Å². The summed E-state index contributed by atoms with van der Waals surface area (Å²) in [6, 6.07) is 16.3. The monoisotopic (exact) mass is 443 g/mol. The van der Waals surface area contributed by atoms with Crippen LogP contribution in [-0.2, 0) is 0 Å². The molecule has 0 aliphatic heterocycles.